The molecule has 1 aromatic rings. The summed E-state index contributed by atoms with van der Waals surface area (Å²) in [5.74, 6) is 0.418. The molecule has 0 saturated heterocycles. The van der Waals surface area contributed by atoms with Gasteiger partial charge < -0.3 is 15.8 Å². The van der Waals surface area contributed by atoms with Crippen molar-refractivity contribution in [2.24, 2.45) is 11.1 Å². The number of nitrogens with two attached hydrogens (primary N) is 1. The second-order valence-electron chi connectivity index (χ2n) is 4.25. The molecule has 0 aliphatic heterocycles. The van der Waals surface area contributed by atoms with Crippen molar-refractivity contribution in [1.82, 2.24) is 5.32 Å². The van der Waals surface area contributed by atoms with E-state index in [1.807, 2.05) is 19.2 Å². The number of hydrogen-bond acceptors (Lipinski definition) is 4. The second kappa shape index (κ2) is 5.46. The van der Waals surface area contributed by atoms with Crippen LogP contribution in [0.3, 0.4) is 0 Å². The summed E-state index contributed by atoms with van der Waals surface area (Å²) in [6, 6.07) is 1.76. The molecule has 17 heavy (non-hydrogen) atoms. The second-order valence-corrected chi connectivity index (χ2v) is 5.60. The van der Waals surface area contributed by atoms with Crippen LogP contribution in [0, 0.1) is 5.41 Å². The van der Waals surface area contributed by atoms with Gasteiger partial charge in [-0.25, -0.2) is 0 Å². The highest BCUT2D eigenvalue weighted by molar-refractivity contribution is 7.80. The summed E-state index contributed by atoms with van der Waals surface area (Å²) in [5.41, 5.74) is 5.20. The van der Waals surface area contributed by atoms with Crippen LogP contribution in [-0.4, -0.2) is 24.6 Å². The molecule has 0 atom stereocenters. The van der Waals surface area contributed by atoms with E-state index in [4.69, 9.17) is 22.7 Å². The predicted molar refractivity (Wildman–Crippen MR) is 73.8 cm³/mol. The summed E-state index contributed by atoms with van der Waals surface area (Å²) in [6.07, 6.45) is 0. The Bertz CT molecular complexity index is 427. The molecular weight excluding hydrogens is 256 g/mol. The van der Waals surface area contributed by atoms with Crippen LogP contribution in [0.1, 0.15) is 23.5 Å². The number of rotatable bonds is 5. The summed E-state index contributed by atoms with van der Waals surface area (Å²) in [7, 11) is 1.54. The molecule has 1 amide bonds. The van der Waals surface area contributed by atoms with Gasteiger partial charge in [-0.2, -0.15) is 0 Å². The number of hydrogen-bond donors (Lipinski definition) is 2. The van der Waals surface area contributed by atoms with Gasteiger partial charge in [-0.1, -0.05) is 26.1 Å². The quantitative estimate of drug-likeness (QED) is 0.802. The SMILES string of the molecule is COc1ccsc1C(=O)NCC(C)(C)C(N)=S. The number of amides is 1. The lowest BCUT2D eigenvalue weighted by molar-refractivity contribution is 0.0946. The minimum absolute atomic E-state index is 0.166. The Morgan fingerprint density at radius 3 is 2.82 bits per heavy atom. The highest BCUT2D eigenvalue weighted by Crippen LogP contribution is 2.24. The van der Waals surface area contributed by atoms with Gasteiger partial charge in [-0.05, 0) is 11.4 Å². The standard InChI is InChI=1S/C11H16N2O2S2/c1-11(2,10(12)16)6-13-9(14)8-7(15-3)4-5-17-8/h4-5H,6H2,1-3H3,(H2,12,16)(H,13,14). The first kappa shape index (κ1) is 13.9. The minimum Gasteiger partial charge on any atom is -0.495 e. The Kier molecular flexibility index (Phi) is 4.47. The van der Waals surface area contributed by atoms with Crippen LogP contribution in [0.2, 0.25) is 0 Å². The van der Waals surface area contributed by atoms with Crippen LogP contribution in [0.5, 0.6) is 5.75 Å². The van der Waals surface area contributed by atoms with E-state index in [0.29, 0.717) is 22.2 Å². The number of methoxy groups -OCH3 is 1. The summed E-state index contributed by atoms with van der Waals surface area (Å²) in [6.45, 7) is 4.19. The normalized spacial score (nSPS) is 11.0. The van der Waals surface area contributed by atoms with E-state index in [2.05, 4.69) is 5.32 Å². The maximum absolute atomic E-state index is 11.9. The highest BCUT2D eigenvalue weighted by Gasteiger charge is 2.23. The molecule has 0 fully saturated rings. The maximum Gasteiger partial charge on any atom is 0.265 e. The van der Waals surface area contributed by atoms with E-state index in [1.54, 1.807) is 6.07 Å². The molecule has 0 radical (unpaired) electrons. The van der Waals surface area contributed by atoms with Crippen molar-refractivity contribution in [3.05, 3.63) is 16.3 Å². The van der Waals surface area contributed by atoms with Gasteiger partial charge in [0, 0.05) is 12.0 Å². The average molecular weight is 272 g/mol. The van der Waals surface area contributed by atoms with Crippen LogP contribution >= 0.6 is 23.6 Å². The van der Waals surface area contributed by atoms with E-state index in [1.165, 1.54) is 18.4 Å². The van der Waals surface area contributed by atoms with Crippen molar-refractivity contribution in [1.29, 1.82) is 0 Å². The smallest absolute Gasteiger partial charge is 0.265 e. The molecule has 1 heterocycles. The molecule has 94 valence electrons. The molecule has 6 heteroatoms. The number of carbonyl (C=O) groups is 1. The highest BCUT2D eigenvalue weighted by atomic mass is 32.1. The first-order valence-corrected chi connectivity index (χ1v) is 6.37. The maximum atomic E-state index is 11.9. The van der Waals surface area contributed by atoms with Crippen LogP contribution in [0.15, 0.2) is 11.4 Å². The number of thiophene rings is 1. The van der Waals surface area contributed by atoms with E-state index in [0.717, 1.165) is 0 Å². The fourth-order valence-electron chi connectivity index (χ4n) is 1.09. The Balaban J connectivity index is 2.65. The van der Waals surface area contributed by atoms with Crippen molar-refractivity contribution in [2.45, 2.75) is 13.8 Å². The molecule has 0 bridgehead atoms. The van der Waals surface area contributed by atoms with Crippen LogP contribution < -0.4 is 15.8 Å². The van der Waals surface area contributed by atoms with Crippen molar-refractivity contribution < 1.29 is 9.53 Å². The molecule has 1 rings (SSSR count). The third-order valence-electron chi connectivity index (χ3n) is 2.41. The Labute approximate surface area is 110 Å². The fraction of sp³-hybridized carbons (Fsp3) is 0.455. The Morgan fingerprint density at radius 1 is 1.65 bits per heavy atom. The monoisotopic (exact) mass is 272 g/mol. The molecule has 3 N–H and O–H groups in total. The zero-order chi connectivity index (χ0) is 13.1. The Morgan fingerprint density at radius 2 is 2.29 bits per heavy atom. The van der Waals surface area contributed by atoms with Crippen molar-refractivity contribution in [2.75, 3.05) is 13.7 Å². The molecule has 1 aromatic heterocycles. The van der Waals surface area contributed by atoms with Crippen LogP contribution in [0.25, 0.3) is 0 Å². The summed E-state index contributed by atoms with van der Waals surface area (Å²) in [5, 5.41) is 4.62. The fourth-order valence-corrected chi connectivity index (χ4v) is 1.94. The molecule has 0 aromatic carbocycles. The molecule has 0 spiro atoms. The molecule has 0 unspecified atom stereocenters. The van der Waals surface area contributed by atoms with E-state index < -0.39 is 5.41 Å². The zero-order valence-electron chi connectivity index (χ0n) is 10.1. The molecule has 4 nitrogen and oxygen atoms in total. The molecule has 0 aliphatic carbocycles. The average Bonchev–Trinajstić information content (AvgIpc) is 2.73. The summed E-state index contributed by atoms with van der Waals surface area (Å²) < 4.78 is 5.08. The molecular formula is C11H16N2O2S2. The van der Waals surface area contributed by atoms with E-state index >= 15 is 0 Å². The summed E-state index contributed by atoms with van der Waals surface area (Å²) >= 11 is 6.28. The number of carbonyl (C=O) groups excluding carboxylic acids is 1. The first-order valence-electron chi connectivity index (χ1n) is 5.08. The van der Waals surface area contributed by atoms with Gasteiger partial charge in [-0.3, -0.25) is 4.79 Å². The zero-order valence-corrected chi connectivity index (χ0v) is 11.7. The van der Waals surface area contributed by atoms with Gasteiger partial charge in [0.05, 0.1) is 12.1 Å². The molecule has 0 aliphatic rings. The van der Waals surface area contributed by atoms with Gasteiger partial charge in [-0.15, -0.1) is 11.3 Å². The lowest BCUT2D eigenvalue weighted by atomic mass is 9.93. The third-order valence-corrected chi connectivity index (χ3v) is 3.86. The van der Waals surface area contributed by atoms with E-state index in [9.17, 15) is 4.79 Å². The largest absolute Gasteiger partial charge is 0.495 e. The van der Waals surface area contributed by atoms with Crippen LogP contribution in [0.4, 0.5) is 0 Å². The Hall–Kier alpha value is -1.14. The van der Waals surface area contributed by atoms with Gasteiger partial charge in [0.15, 0.2) is 0 Å². The van der Waals surface area contributed by atoms with Gasteiger partial charge in [0.1, 0.15) is 10.6 Å². The topological polar surface area (TPSA) is 64.3 Å². The van der Waals surface area contributed by atoms with Gasteiger partial charge >= 0.3 is 0 Å². The number of nitrogens with one attached hydrogen (secondary N) is 1. The van der Waals surface area contributed by atoms with Crippen molar-refractivity contribution in [3.8, 4) is 5.75 Å². The third kappa shape index (κ3) is 3.41. The van der Waals surface area contributed by atoms with Gasteiger partial charge in [0.2, 0.25) is 0 Å². The summed E-state index contributed by atoms with van der Waals surface area (Å²) in [4.78, 5) is 12.8. The molecule has 0 saturated carbocycles. The van der Waals surface area contributed by atoms with Crippen molar-refractivity contribution >= 4 is 34.5 Å². The number of thiocarbonyl (C=S) groups is 1. The predicted octanol–water partition coefficient (Wildman–Crippen LogP) is 1.80. The lowest BCUT2D eigenvalue weighted by Gasteiger charge is -2.23. The van der Waals surface area contributed by atoms with E-state index in [-0.39, 0.29) is 5.91 Å². The first-order chi connectivity index (χ1) is 7.88. The minimum atomic E-state index is -0.393. The van der Waals surface area contributed by atoms with Gasteiger partial charge in [0.25, 0.3) is 5.91 Å². The lowest BCUT2D eigenvalue weighted by Crippen LogP contribution is -2.41. The number of ether oxygens (including phenoxy) is 1. The van der Waals surface area contributed by atoms with Crippen molar-refractivity contribution in [3.63, 3.8) is 0 Å². The van der Waals surface area contributed by atoms with Crippen LogP contribution in [-0.2, 0) is 0 Å².